The SMILES string of the molecule is CCn1nccc1C(=O)N1CCC(CC2CC2)(NC(=O)c2ccccc2)CC1. The summed E-state index contributed by atoms with van der Waals surface area (Å²) < 4.78 is 1.74. The maximum atomic E-state index is 12.9. The average molecular weight is 380 g/mol. The van der Waals surface area contributed by atoms with Gasteiger partial charge in [0, 0.05) is 36.9 Å². The van der Waals surface area contributed by atoms with Gasteiger partial charge in [0.15, 0.2) is 0 Å². The molecule has 4 rings (SSSR count). The fourth-order valence-corrected chi connectivity index (χ4v) is 4.22. The first kappa shape index (κ1) is 18.7. The number of amides is 2. The number of rotatable bonds is 6. The molecular weight excluding hydrogens is 352 g/mol. The Bertz CT molecular complexity index is 833. The predicted molar refractivity (Wildman–Crippen MR) is 107 cm³/mol. The van der Waals surface area contributed by atoms with Gasteiger partial charge in [-0.25, -0.2) is 0 Å². The molecule has 0 spiro atoms. The largest absolute Gasteiger partial charge is 0.346 e. The molecule has 148 valence electrons. The summed E-state index contributed by atoms with van der Waals surface area (Å²) in [6.45, 7) is 3.99. The minimum Gasteiger partial charge on any atom is -0.346 e. The lowest BCUT2D eigenvalue weighted by molar-refractivity contribution is 0.0590. The number of nitrogens with zero attached hydrogens (tertiary/aromatic N) is 3. The van der Waals surface area contributed by atoms with E-state index in [4.69, 9.17) is 0 Å². The van der Waals surface area contributed by atoms with Gasteiger partial charge in [0.05, 0.1) is 0 Å². The molecule has 1 saturated carbocycles. The fourth-order valence-electron chi connectivity index (χ4n) is 4.22. The van der Waals surface area contributed by atoms with Crippen molar-refractivity contribution in [3.8, 4) is 0 Å². The van der Waals surface area contributed by atoms with Crippen LogP contribution in [0.15, 0.2) is 42.6 Å². The Kier molecular flexibility index (Phi) is 5.20. The van der Waals surface area contributed by atoms with E-state index in [2.05, 4.69) is 10.4 Å². The van der Waals surface area contributed by atoms with Crippen LogP contribution in [0.25, 0.3) is 0 Å². The van der Waals surface area contributed by atoms with Crippen LogP contribution in [0.3, 0.4) is 0 Å². The number of hydrogen-bond donors (Lipinski definition) is 1. The van der Waals surface area contributed by atoms with Crippen molar-refractivity contribution in [2.24, 2.45) is 5.92 Å². The second kappa shape index (κ2) is 7.78. The first-order valence-electron chi connectivity index (χ1n) is 10.3. The smallest absolute Gasteiger partial charge is 0.272 e. The molecule has 0 unspecified atom stereocenters. The number of carbonyl (C=O) groups excluding carboxylic acids is 2. The lowest BCUT2D eigenvalue weighted by Gasteiger charge is -2.42. The van der Waals surface area contributed by atoms with Crippen molar-refractivity contribution in [2.45, 2.75) is 51.1 Å². The molecule has 2 heterocycles. The van der Waals surface area contributed by atoms with Crippen LogP contribution in [0, 0.1) is 5.92 Å². The van der Waals surface area contributed by atoms with E-state index in [-0.39, 0.29) is 17.4 Å². The molecule has 1 saturated heterocycles. The first-order chi connectivity index (χ1) is 13.6. The van der Waals surface area contributed by atoms with Gasteiger partial charge in [-0.15, -0.1) is 0 Å². The highest BCUT2D eigenvalue weighted by Crippen LogP contribution is 2.41. The van der Waals surface area contributed by atoms with E-state index in [1.807, 2.05) is 42.2 Å². The Labute approximate surface area is 165 Å². The molecule has 1 aliphatic heterocycles. The lowest BCUT2D eigenvalue weighted by atomic mass is 9.82. The second-order valence-corrected chi connectivity index (χ2v) is 8.07. The van der Waals surface area contributed by atoms with Crippen LogP contribution in [0.4, 0.5) is 0 Å². The van der Waals surface area contributed by atoms with E-state index in [1.165, 1.54) is 12.8 Å². The van der Waals surface area contributed by atoms with Gasteiger partial charge in [-0.2, -0.15) is 5.10 Å². The Hall–Kier alpha value is -2.63. The number of aryl methyl sites for hydroxylation is 1. The van der Waals surface area contributed by atoms with E-state index in [0.717, 1.165) is 19.3 Å². The molecule has 2 aromatic rings. The molecule has 0 radical (unpaired) electrons. The summed E-state index contributed by atoms with van der Waals surface area (Å²) in [5.41, 5.74) is 1.13. The third-order valence-corrected chi connectivity index (χ3v) is 6.03. The minimum atomic E-state index is -0.212. The van der Waals surface area contributed by atoms with E-state index in [0.29, 0.717) is 36.8 Å². The van der Waals surface area contributed by atoms with Crippen LogP contribution in [0.5, 0.6) is 0 Å². The van der Waals surface area contributed by atoms with Crippen molar-refractivity contribution in [1.29, 1.82) is 0 Å². The van der Waals surface area contributed by atoms with Crippen molar-refractivity contribution < 1.29 is 9.59 Å². The van der Waals surface area contributed by atoms with Crippen molar-refractivity contribution in [2.75, 3.05) is 13.1 Å². The van der Waals surface area contributed by atoms with Gasteiger partial charge in [-0.05, 0) is 50.3 Å². The summed E-state index contributed by atoms with van der Waals surface area (Å²) in [7, 11) is 0. The highest BCUT2D eigenvalue weighted by atomic mass is 16.2. The Morgan fingerprint density at radius 1 is 1.14 bits per heavy atom. The number of piperidine rings is 1. The number of aromatic nitrogens is 2. The zero-order valence-electron chi connectivity index (χ0n) is 16.4. The lowest BCUT2D eigenvalue weighted by Crippen LogP contribution is -2.56. The van der Waals surface area contributed by atoms with Crippen molar-refractivity contribution in [3.63, 3.8) is 0 Å². The van der Waals surface area contributed by atoms with E-state index >= 15 is 0 Å². The summed E-state index contributed by atoms with van der Waals surface area (Å²) in [6, 6.07) is 11.2. The van der Waals surface area contributed by atoms with Gasteiger partial charge in [-0.1, -0.05) is 31.0 Å². The van der Waals surface area contributed by atoms with Crippen molar-refractivity contribution in [1.82, 2.24) is 20.0 Å². The number of likely N-dealkylation sites (tertiary alicyclic amines) is 1. The zero-order chi connectivity index (χ0) is 19.6. The van der Waals surface area contributed by atoms with E-state index in [1.54, 1.807) is 16.9 Å². The quantitative estimate of drug-likeness (QED) is 0.837. The summed E-state index contributed by atoms with van der Waals surface area (Å²) >= 11 is 0. The Morgan fingerprint density at radius 2 is 1.86 bits per heavy atom. The molecular formula is C22H28N4O2. The first-order valence-corrected chi connectivity index (χ1v) is 10.3. The maximum absolute atomic E-state index is 12.9. The number of nitrogens with one attached hydrogen (secondary N) is 1. The van der Waals surface area contributed by atoms with E-state index in [9.17, 15) is 9.59 Å². The second-order valence-electron chi connectivity index (χ2n) is 8.07. The topological polar surface area (TPSA) is 67.2 Å². The molecule has 28 heavy (non-hydrogen) atoms. The molecule has 1 aromatic carbocycles. The average Bonchev–Trinajstić information content (AvgIpc) is 3.40. The molecule has 1 aliphatic carbocycles. The molecule has 0 atom stereocenters. The third-order valence-electron chi connectivity index (χ3n) is 6.03. The Balaban J connectivity index is 1.45. The van der Waals surface area contributed by atoms with Gasteiger partial charge in [0.1, 0.15) is 5.69 Å². The van der Waals surface area contributed by atoms with Gasteiger partial charge in [0.2, 0.25) is 0 Å². The molecule has 6 heteroatoms. The van der Waals surface area contributed by atoms with Crippen molar-refractivity contribution in [3.05, 3.63) is 53.9 Å². The van der Waals surface area contributed by atoms with Crippen LogP contribution in [0.2, 0.25) is 0 Å². The zero-order valence-corrected chi connectivity index (χ0v) is 16.4. The number of benzene rings is 1. The highest BCUT2D eigenvalue weighted by molar-refractivity contribution is 5.95. The normalized spacial score (nSPS) is 18.7. The summed E-state index contributed by atoms with van der Waals surface area (Å²) in [5.74, 6) is 0.735. The van der Waals surface area contributed by atoms with Gasteiger partial charge in [-0.3, -0.25) is 14.3 Å². The standard InChI is InChI=1S/C22H28N4O2/c1-2-26-19(10-13-23-26)21(28)25-14-11-22(12-15-25,16-17-8-9-17)24-20(27)18-6-4-3-5-7-18/h3-7,10,13,17H,2,8-9,11-12,14-16H2,1H3,(H,24,27). The van der Waals surface area contributed by atoms with Gasteiger partial charge in [0.25, 0.3) is 11.8 Å². The maximum Gasteiger partial charge on any atom is 0.272 e. The summed E-state index contributed by atoms with van der Waals surface area (Å²) in [5, 5.41) is 7.55. The van der Waals surface area contributed by atoms with E-state index < -0.39 is 0 Å². The molecule has 2 fully saturated rings. The van der Waals surface area contributed by atoms with Crippen LogP contribution in [-0.4, -0.2) is 45.1 Å². The molecule has 6 nitrogen and oxygen atoms in total. The summed E-state index contributed by atoms with van der Waals surface area (Å²) in [6.07, 6.45) is 6.80. The fraction of sp³-hybridized carbons (Fsp3) is 0.500. The molecule has 1 aromatic heterocycles. The van der Waals surface area contributed by atoms with Crippen LogP contribution < -0.4 is 5.32 Å². The van der Waals surface area contributed by atoms with Gasteiger partial charge >= 0.3 is 0 Å². The van der Waals surface area contributed by atoms with Crippen LogP contribution in [-0.2, 0) is 6.54 Å². The summed E-state index contributed by atoms with van der Waals surface area (Å²) in [4.78, 5) is 27.6. The highest BCUT2D eigenvalue weighted by Gasteiger charge is 2.41. The monoisotopic (exact) mass is 380 g/mol. The molecule has 2 aliphatic rings. The third kappa shape index (κ3) is 3.96. The predicted octanol–water partition coefficient (Wildman–Crippen LogP) is 3.11. The number of hydrogen-bond acceptors (Lipinski definition) is 3. The molecule has 2 amide bonds. The van der Waals surface area contributed by atoms with Gasteiger partial charge < -0.3 is 10.2 Å². The number of carbonyl (C=O) groups is 2. The van der Waals surface area contributed by atoms with Crippen molar-refractivity contribution >= 4 is 11.8 Å². The minimum absolute atomic E-state index is 0.00918. The van der Waals surface area contributed by atoms with Crippen LogP contribution in [0.1, 0.15) is 59.9 Å². The molecule has 1 N–H and O–H groups in total. The molecule has 0 bridgehead atoms. The van der Waals surface area contributed by atoms with Crippen LogP contribution >= 0.6 is 0 Å². The Morgan fingerprint density at radius 3 is 2.50 bits per heavy atom.